The van der Waals surface area contributed by atoms with Crippen LogP contribution in [0.25, 0.3) is 0 Å². The van der Waals surface area contributed by atoms with Crippen LogP contribution in [0, 0.1) is 6.92 Å². The Bertz CT molecular complexity index is 564. The Balaban J connectivity index is 2.23. The van der Waals surface area contributed by atoms with Gasteiger partial charge in [-0.15, -0.1) is 0 Å². The van der Waals surface area contributed by atoms with E-state index in [9.17, 15) is 10.2 Å². The monoisotopic (exact) mass is 255 g/mol. The number of phenolic OH excluding ortho intramolecular Hbond substituents is 1. The van der Waals surface area contributed by atoms with Crippen LogP contribution in [0.1, 0.15) is 22.7 Å². The summed E-state index contributed by atoms with van der Waals surface area (Å²) in [7, 11) is 0. The second-order valence-corrected chi connectivity index (χ2v) is 4.45. The number of aliphatic hydroxyl groups excluding tert-OH is 1. The number of nitrogens with zero attached hydrogens (tertiary/aromatic N) is 1. The number of aliphatic hydroxyl groups is 1. The number of benzene rings is 2. The molecule has 0 aliphatic rings. The third-order valence-electron chi connectivity index (χ3n) is 2.93. The van der Waals surface area contributed by atoms with Crippen molar-refractivity contribution in [3.63, 3.8) is 0 Å². The predicted octanol–water partition coefficient (Wildman–Crippen LogP) is 2.85. The largest absolute Gasteiger partial charge is 0.507 e. The van der Waals surface area contributed by atoms with E-state index in [-0.39, 0.29) is 18.4 Å². The van der Waals surface area contributed by atoms with E-state index in [2.05, 4.69) is 4.99 Å². The van der Waals surface area contributed by atoms with E-state index < -0.39 is 0 Å². The molecular weight excluding hydrogens is 238 g/mol. The maximum Gasteiger partial charge on any atom is 0.124 e. The molecule has 0 amide bonds. The van der Waals surface area contributed by atoms with Crippen molar-refractivity contribution in [2.45, 2.75) is 13.0 Å². The first-order chi connectivity index (χ1) is 9.20. The number of aromatic hydroxyl groups is 1. The summed E-state index contributed by atoms with van der Waals surface area (Å²) in [5, 5.41) is 19.1. The van der Waals surface area contributed by atoms with Crippen LogP contribution in [-0.2, 0) is 0 Å². The average Bonchev–Trinajstić information content (AvgIpc) is 2.44. The molecule has 3 nitrogen and oxygen atoms in total. The second-order valence-electron chi connectivity index (χ2n) is 4.45. The molecule has 2 aromatic rings. The highest BCUT2D eigenvalue weighted by Crippen LogP contribution is 2.19. The number of phenols is 1. The summed E-state index contributed by atoms with van der Waals surface area (Å²) in [6.07, 6.45) is 1.61. The average molecular weight is 255 g/mol. The highest BCUT2D eigenvalue weighted by molar-refractivity contribution is 5.83. The third kappa shape index (κ3) is 3.42. The lowest BCUT2D eigenvalue weighted by atomic mass is 10.1. The molecule has 0 saturated heterocycles. The standard InChI is InChI=1S/C16H17NO2/c1-12-7-8-16(19)14(9-12)10-17-15(11-18)13-5-3-2-4-6-13/h2-10,15,18-19H,11H2,1H3. The third-order valence-corrected chi connectivity index (χ3v) is 2.93. The van der Waals surface area contributed by atoms with Gasteiger partial charge < -0.3 is 10.2 Å². The Kier molecular flexibility index (Phi) is 4.31. The first-order valence-electron chi connectivity index (χ1n) is 6.19. The fourth-order valence-electron chi connectivity index (χ4n) is 1.86. The van der Waals surface area contributed by atoms with Gasteiger partial charge in [0.2, 0.25) is 0 Å². The summed E-state index contributed by atoms with van der Waals surface area (Å²) in [4.78, 5) is 4.35. The van der Waals surface area contributed by atoms with Crippen molar-refractivity contribution in [2.75, 3.05) is 6.61 Å². The SMILES string of the molecule is Cc1ccc(O)c(C=NC(CO)c2ccccc2)c1. The smallest absolute Gasteiger partial charge is 0.124 e. The van der Waals surface area contributed by atoms with Crippen molar-refractivity contribution in [2.24, 2.45) is 4.99 Å². The molecular formula is C16H17NO2. The van der Waals surface area contributed by atoms with Gasteiger partial charge in [0, 0.05) is 11.8 Å². The van der Waals surface area contributed by atoms with Crippen LogP contribution in [0.5, 0.6) is 5.75 Å². The number of aryl methyl sites for hydroxylation is 1. The number of rotatable bonds is 4. The maximum absolute atomic E-state index is 9.74. The van der Waals surface area contributed by atoms with E-state index in [1.54, 1.807) is 12.3 Å². The zero-order chi connectivity index (χ0) is 13.7. The Morgan fingerprint density at radius 3 is 2.58 bits per heavy atom. The lowest BCUT2D eigenvalue weighted by Crippen LogP contribution is -2.01. The van der Waals surface area contributed by atoms with Gasteiger partial charge in [0.15, 0.2) is 0 Å². The van der Waals surface area contributed by atoms with Crippen LogP contribution < -0.4 is 0 Å². The number of hydrogen-bond donors (Lipinski definition) is 2. The van der Waals surface area contributed by atoms with Crippen LogP contribution in [0.2, 0.25) is 0 Å². The Morgan fingerprint density at radius 1 is 1.16 bits per heavy atom. The second kappa shape index (κ2) is 6.16. The molecule has 0 radical (unpaired) electrons. The van der Waals surface area contributed by atoms with Crippen LogP contribution in [-0.4, -0.2) is 23.0 Å². The van der Waals surface area contributed by atoms with Crippen molar-refractivity contribution >= 4 is 6.21 Å². The van der Waals surface area contributed by atoms with E-state index in [1.807, 2.05) is 49.4 Å². The summed E-state index contributed by atoms with van der Waals surface area (Å²) in [5.74, 6) is 0.194. The summed E-state index contributed by atoms with van der Waals surface area (Å²) in [6, 6.07) is 14.6. The minimum Gasteiger partial charge on any atom is -0.507 e. The van der Waals surface area contributed by atoms with E-state index in [0.717, 1.165) is 11.1 Å². The highest BCUT2D eigenvalue weighted by atomic mass is 16.3. The van der Waals surface area contributed by atoms with Crippen molar-refractivity contribution < 1.29 is 10.2 Å². The number of aliphatic imine (C=N–C) groups is 1. The topological polar surface area (TPSA) is 52.8 Å². The van der Waals surface area contributed by atoms with E-state index in [4.69, 9.17) is 0 Å². The van der Waals surface area contributed by atoms with Gasteiger partial charge in [-0.3, -0.25) is 4.99 Å². The fourth-order valence-corrected chi connectivity index (χ4v) is 1.86. The van der Waals surface area contributed by atoms with Gasteiger partial charge in [0.25, 0.3) is 0 Å². The van der Waals surface area contributed by atoms with Gasteiger partial charge in [-0.1, -0.05) is 42.0 Å². The van der Waals surface area contributed by atoms with Crippen LogP contribution >= 0.6 is 0 Å². The molecule has 2 N–H and O–H groups in total. The van der Waals surface area contributed by atoms with Gasteiger partial charge in [0.1, 0.15) is 5.75 Å². The Morgan fingerprint density at radius 2 is 1.89 bits per heavy atom. The summed E-state index contributed by atoms with van der Waals surface area (Å²) >= 11 is 0. The van der Waals surface area contributed by atoms with Crippen molar-refractivity contribution in [3.8, 4) is 5.75 Å². The van der Waals surface area contributed by atoms with E-state index in [1.165, 1.54) is 0 Å². The summed E-state index contributed by atoms with van der Waals surface area (Å²) in [6.45, 7) is 1.89. The van der Waals surface area contributed by atoms with Gasteiger partial charge in [0.05, 0.1) is 12.6 Å². The zero-order valence-electron chi connectivity index (χ0n) is 10.8. The lowest BCUT2D eigenvalue weighted by molar-refractivity contribution is 0.269. The van der Waals surface area contributed by atoms with E-state index >= 15 is 0 Å². The van der Waals surface area contributed by atoms with Crippen molar-refractivity contribution in [1.82, 2.24) is 0 Å². The minimum atomic E-state index is -0.305. The van der Waals surface area contributed by atoms with Gasteiger partial charge in [-0.2, -0.15) is 0 Å². The van der Waals surface area contributed by atoms with Gasteiger partial charge in [-0.25, -0.2) is 0 Å². The van der Waals surface area contributed by atoms with Crippen molar-refractivity contribution in [1.29, 1.82) is 0 Å². The molecule has 0 spiro atoms. The molecule has 0 aliphatic carbocycles. The maximum atomic E-state index is 9.74. The molecule has 0 bridgehead atoms. The van der Waals surface area contributed by atoms with Crippen LogP contribution in [0.3, 0.4) is 0 Å². The zero-order valence-corrected chi connectivity index (χ0v) is 10.8. The molecule has 0 fully saturated rings. The molecule has 0 heterocycles. The first-order valence-corrected chi connectivity index (χ1v) is 6.19. The molecule has 19 heavy (non-hydrogen) atoms. The highest BCUT2D eigenvalue weighted by Gasteiger charge is 2.07. The van der Waals surface area contributed by atoms with Crippen LogP contribution in [0.4, 0.5) is 0 Å². The number of hydrogen-bond acceptors (Lipinski definition) is 3. The molecule has 0 aromatic heterocycles. The van der Waals surface area contributed by atoms with Crippen LogP contribution in [0.15, 0.2) is 53.5 Å². The first kappa shape index (κ1) is 13.3. The quantitative estimate of drug-likeness (QED) is 0.825. The predicted molar refractivity (Wildman–Crippen MR) is 76.7 cm³/mol. The molecule has 1 unspecified atom stereocenters. The molecule has 0 aliphatic heterocycles. The van der Waals surface area contributed by atoms with Gasteiger partial charge in [-0.05, 0) is 24.6 Å². The summed E-state index contributed by atoms with van der Waals surface area (Å²) < 4.78 is 0. The lowest BCUT2D eigenvalue weighted by Gasteiger charge is -2.09. The van der Waals surface area contributed by atoms with E-state index in [0.29, 0.717) is 5.56 Å². The molecule has 0 saturated carbocycles. The Hall–Kier alpha value is -2.13. The fraction of sp³-hybridized carbons (Fsp3) is 0.188. The normalized spacial score (nSPS) is 12.7. The molecule has 2 aromatic carbocycles. The van der Waals surface area contributed by atoms with Gasteiger partial charge >= 0.3 is 0 Å². The summed E-state index contributed by atoms with van der Waals surface area (Å²) in [5.41, 5.74) is 2.67. The molecule has 98 valence electrons. The Labute approximate surface area is 112 Å². The molecule has 3 heteroatoms. The van der Waals surface area contributed by atoms with Crippen molar-refractivity contribution in [3.05, 3.63) is 65.2 Å². The minimum absolute atomic E-state index is 0.0624. The molecule has 2 rings (SSSR count). The molecule has 1 atom stereocenters.